The summed E-state index contributed by atoms with van der Waals surface area (Å²) in [6.07, 6.45) is 1.76. The molecule has 4 heteroatoms. The molecule has 0 aromatic heterocycles. The first-order valence-electron chi connectivity index (χ1n) is 9.41. The van der Waals surface area contributed by atoms with Crippen molar-refractivity contribution in [3.63, 3.8) is 0 Å². The van der Waals surface area contributed by atoms with Crippen molar-refractivity contribution in [3.8, 4) is 0 Å². The van der Waals surface area contributed by atoms with Gasteiger partial charge in [0.25, 0.3) is 0 Å². The van der Waals surface area contributed by atoms with Gasteiger partial charge in [-0.1, -0.05) is 49.4 Å². The first kappa shape index (κ1) is 18.6. The molecule has 1 heterocycles. The van der Waals surface area contributed by atoms with E-state index in [9.17, 15) is 9.18 Å². The molecule has 138 valence electrons. The summed E-state index contributed by atoms with van der Waals surface area (Å²) in [5.74, 6) is 0.393. The molecule has 1 aliphatic rings. The Morgan fingerprint density at radius 2 is 1.77 bits per heavy atom. The molecular formula is C22H27FN2O. The van der Waals surface area contributed by atoms with E-state index >= 15 is 0 Å². The number of benzene rings is 2. The van der Waals surface area contributed by atoms with Crippen molar-refractivity contribution in [3.05, 3.63) is 71.5 Å². The predicted molar refractivity (Wildman–Crippen MR) is 102 cm³/mol. The molecule has 1 amide bonds. The van der Waals surface area contributed by atoms with E-state index in [0.717, 1.165) is 38.0 Å². The Kier molecular flexibility index (Phi) is 6.40. The van der Waals surface area contributed by atoms with Crippen LogP contribution in [0.25, 0.3) is 0 Å². The number of nitrogens with zero attached hydrogens (tertiary/aromatic N) is 1. The van der Waals surface area contributed by atoms with Crippen molar-refractivity contribution in [2.24, 2.45) is 5.92 Å². The van der Waals surface area contributed by atoms with Crippen molar-refractivity contribution in [1.82, 2.24) is 10.2 Å². The largest absolute Gasteiger partial charge is 0.355 e. The fourth-order valence-corrected chi connectivity index (χ4v) is 3.50. The average Bonchev–Trinajstić information content (AvgIpc) is 2.69. The van der Waals surface area contributed by atoms with Crippen LogP contribution in [0.15, 0.2) is 54.6 Å². The van der Waals surface area contributed by atoms with E-state index in [-0.39, 0.29) is 17.6 Å². The molecule has 0 aliphatic carbocycles. The van der Waals surface area contributed by atoms with E-state index in [1.54, 1.807) is 0 Å². The molecule has 1 aliphatic heterocycles. The van der Waals surface area contributed by atoms with Crippen LogP contribution in [-0.4, -0.2) is 30.4 Å². The molecule has 1 fully saturated rings. The normalized spacial score (nSPS) is 17.0. The Bertz CT molecular complexity index is 694. The van der Waals surface area contributed by atoms with Gasteiger partial charge in [0.05, 0.1) is 0 Å². The third-order valence-electron chi connectivity index (χ3n) is 5.23. The molecule has 3 rings (SSSR count). The molecule has 1 atom stereocenters. The Hall–Kier alpha value is -2.20. The van der Waals surface area contributed by atoms with Crippen LogP contribution in [0, 0.1) is 11.7 Å². The van der Waals surface area contributed by atoms with Gasteiger partial charge >= 0.3 is 0 Å². The van der Waals surface area contributed by atoms with Gasteiger partial charge in [-0.3, -0.25) is 9.69 Å². The fourth-order valence-electron chi connectivity index (χ4n) is 3.50. The van der Waals surface area contributed by atoms with Crippen LogP contribution in [0.3, 0.4) is 0 Å². The van der Waals surface area contributed by atoms with Gasteiger partial charge in [0.2, 0.25) is 5.91 Å². The summed E-state index contributed by atoms with van der Waals surface area (Å²) >= 11 is 0. The summed E-state index contributed by atoms with van der Waals surface area (Å²) in [7, 11) is 0. The van der Waals surface area contributed by atoms with E-state index in [1.807, 2.05) is 30.3 Å². The molecule has 1 saturated heterocycles. The van der Waals surface area contributed by atoms with Gasteiger partial charge in [-0.05, 0) is 55.1 Å². The summed E-state index contributed by atoms with van der Waals surface area (Å²) < 4.78 is 13.0. The van der Waals surface area contributed by atoms with Crippen LogP contribution in [0.4, 0.5) is 4.39 Å². The number of carbonyl (C=O) groups excluding carboxylic acids is 1. The number of rotatable bonds is 6. The quantitative estimate of drug-likeness (QED) is 0.852. The van der Waals surface area contributed by atoms with Crippen LogP contribution >= 0.6 is 0 Å². The molecule has 0 unspecified atom stereocenters. The smallest absolute Gasteiger partial charge is 0.223 e. The van der Waals surface area contributed by atoms with Crippen molar-refractivity contribution >= 4 is 5.91 Å². The summed E-state index contributed by atoms with van der Waals surface area (Å²) in [4.78, 5) is 14.8. The topological polar surface area (TPSA) is 32.3 Å². The zero-order valence-electron chi connectivity index (χ0n) is 15.3. The van der Waals surface area contributed by atoms with Crippen LogP contribution in [0.5, 0.6) is 0 Å². The fraction of sp³-hybridized carbons (Fsp3) is 0.409. The number of hydrogen-bond donors (Lipinski definition) is 1. The minimum atomic E-state index is -0.200. The van der Waals surface area contributed by atoms with E-state index in [2.05, 4.69) is 29.3 Å². The number of carbonyl (C=O) groups is 1. The third kappa shape index (κ3) is 5.15. The molecule has 0 bridgehead atoms. The van der Waals surface area contributed by atoms with Gasteiger partial charge in [-0.15, -0.1) is 0 Å². The monoisotopic (exact) mass is 354 g/mol. The van der Waals surface area contributed by atoms with Crippen molar-refractivity contribution in [2.75, 3.05) is 19.6 Å². The molecule has 0 saturated carbocycles. The second kappa shape index (κ2) is 8.95. The predicted octanol–water partition coefficient (Wildman–Crippen LogP) is 3.96. The van der Waals surface area contributed by atoms with Gasteiger partial charge < -0.3 is 5.32 Å². The first-order chi connectivity index (χ1) is 12.6. The lowest BCUT2D eigenvalue weighted by Crippen LogP contribution is -2.41. The van der Waals surface area contributed by atoms with E-state index < -0.39 is 0 Å². The number of hydrogen-bond acceptors (Lipinski definition) is 2. The second-order valence-electron chi connectivity index (χ2n) is 7.23. The standard InChI is InChI=1S/C22H27FN2O/c1-17(19-5-3-2-4-6-19)15-24-22(26)20-11-13-25(14-12-20)16-18-7-9-21(23)10-8-18/h2-10,17,20H,11-16H2,1H3,(H,24,26)/t17-/m0/s1. The SMILES string of the molecule is C[C@@H](CNC(=O)C1CCN(Cc2ccc(F)cc2)CC1)c1ccccc1. The van der Waals surface area contributed by atoms with Gasteiger partial charge in [-0.25, -0.2) is 4.39 Å². The van der Waals surface area contributed by atoms with Gasteiger partial charge in [-0.2, -0.15) is 0 Å². The van der Waals surface area contributed by atoms with E-state index in [0.29, 0.717) is 12.5 Å². The molecule has 1 N–H and O–H groups in total. The number of piperidine rings is 1. The van der Waals surface area contributed by atoms with Crippen molar-refractivity contribution < 1.29 is 9.18 Å². The molecule has 0 radical (unpaired) electrons. The zero-order chi connectivity index (χ0) is 18.4. The Labute approximate surface area is 155 Å². The zero-order valence-corrected chi connectivity index (χ0v) is 15.3. The molecule has 0 spiro atoms. The minimum absolute atomic E-state index is 0.0995. The second-order valence-corrected chi connectivity index (χ2v) is 7.23. The minimum Gasteiger partial charge on any atom is -0.355 e. The number of amides is 1. The summed E-state index contributed by atoms with van der Waals surface area (Å²) in [5, 5.41) is 3.12. The lowest BCUT2D eigenvalue weighted by molar-refractivity contribution is -0.126. The molecule has 2 aromatic carbocycles. The highest BCUT2D eigenvalue weighted by Gasteiger charge is 2.25. The maximum Gasteiger partial charge on any atom is 0.223 e. The lowest BCUT2D eigenvalue weighted by atomic mass is 9.95. The van der Waals surface area contributed by atoms with Crippen LogP contribution in [-0.2, 0) is 11.3 Å². The van der Waals surface area contributed by atoms with E-state index in [1.165, 1.54) is 17.7 Å². The summed E-state index contributed by atoms with van der Waals surface area (Å²) in [6.45, 7) is 5.45. The highest BCUT2D eigenvalue weighted by Crippen LogP contribution is 2.20. The van der Waals surface area contributed by atoms with Crippen LogP contribution in [0.1, 0.15) is 36.8 Å². The first-order valence-corrected chi connectivity index (χ1v) is 9.41. The summed E-state index contributed by atoms with van der Waals surface area (Å²) in [6, 6.07) is 16.9. The van der Waals surface area contributed by atoms with E-state index in [4.69, 9.17) is 0 Å². The number of halogens is 1. The molecule has 3 nitrogen and oxygen atoms in total. The number of likely N-dealkylation sites (tertiary alicyclic amines) is 1. The molecule has 26 heavy (non-hydrogen) atoms. The highest BCUT2D eigenvalue weighted by atomic mass is 19.1. The van der Waals surface area contributed by atoms with Crippen molar-refractivity contribution in [1.29, 1.82) is 0 Å². The molecular weight excluding hydrogens is 327 g/mol. The van der Waals surface area contributed by atoms with Gasteiger partial charge in [0.1, 0.15) is 5.82 Å². The Morgan fingerprint density at radius 3 is 2.42 bits per heavy atom. The van der Waals surface area contributed by atoms with Crippen molar-refractivity contribution in [2.45, 2.75) is 32.2 Å². The van der Waals surface area contributed by atoms with Gasteiger partial charge in [0, 0.05) is 19.0 Å². The van der Waals surface area contributed by atoms with Gasteiger partial charge in [0.15, 0.2) is 0 Å². The number of nitrogens with one attached hydrogen (secondary N) is 1. The third-order valence-corrected chi connectivity index (χ3v) is 5.23. The van der Waals surface area contributed by atoms with Crippen LogP contribution < -0.4 is 5.32 Å². The lowest BCUT2D eigenvalue weighted by Gasteiger charge is -2.31. The highest BCUT2D eigenvalue weighted by molar-refractivity contribution is 5.78. The maximum absolute atomic E-state index is 13.0. The van der Waals surface area contributed by atoms with Crippen LogP contribution in [0.2, 0.25) is 0 Å². The summed E-state index contributed by atoms with van der Waals surface area (Å²) in [5.41, 5.74) is 2.37. The molecule has 2 aromatic rings. The average molecular weight is 354 g/mol. The Balaban J connectivity index is 1.41. The maximum atomic E-state index is 13.0. The Morgan fingerprint density at radius 1 is 1.12 bits per heavy atom.